The van der Waals surface area contributed by atoms with Crippen LogP contribution in [0.4, 0.5) is 0 Å². The molecule has 0 atom stereocenters. The molecule has 0 aliphatic carbocycles. The number of furan rings is 1. The van der Waals surface area contributed by atoms with Gasteiger partial charge in [0.05, 0.1) is 12.8 Å². The lowest BCUT2D eigenvalue weighted by atomic mass is 10.1. The van der Waals surface area contributed by atoms with Crippen molar-refractivity contribution in [3.63, 3.8) is 0 Å². The second kappa shape index (κ2) is 8.31. The van der Waals surface area contributed by atoms with E-state index in [1.165, 1.54) is 11.3 Å². The van der Waals surface area contributed by atoms with Crippen LogP contribution in [0.1, 0.15) is 26.6 Å². The molecule has 5 nitrogen and oxygen atoms in total. The fraction of sp³-hybridized carbons (Fsp3) is 0.100. The molecule has 132 valence electrons. The minimum absolute atomic E-state index is 0.185. The molecule has 2 amide bonds. The number of amides is 2. The van der Waals surface area contributed by atoms with E-state index in [1.54, 1.807) is 36.6 Å². The smallest absolute Gasteiger partial charge is 0.268 e. The monoisotopic (exact) mass is 366 g/mol. The lowest BCUT2D eigenvalue weighted by Crippen LogP contribution is -2.34. The number of benzene rings is 1. The second-order valence-electron chi connectivity index (χ2n) is 5.66. The number of rotatable bonds is 6. The van der Waals surface area contributed by atoms with Crippen LogP contribution in [0.2, 0.25) is 0 Å². The maximum atomic E-state index is 12.6. The molecule has 0 aliphatic heterocycles. The molecule has 26 heavy (non-hydrogen) atoms. The first-order chi connectivity index (χ1) is 12.6. The van der Waals surface area contributed by atoms with Crippen molar-refractivity contribution in [1.29, 1.82) is 0 Å². The molecule has 0 unspecified atom stereocenters. The van der Waals surface area contributed by atoms with Gasteiger partial charge in [0.1, 0.15) is 11.5 Å². The molecule has 3 aromatic rings. The minimum atomic E-state index is -0.379. The fourth-order valence-electron chi connectivity index (χ4n) is 2.25. The Bertz CT molecular complexity index is 895. The van der Waals surface area contributed by atoms with Gasteiger partial charge in [0.2, 0.25) is 0 Å². The molecular formula is C20H18N2O3S. The molecule has 2 N–H and O–H groups in total. The van der Waals surface area contributed by atoms with E-state index >= 15 is 0 Å². The second-order valence-corrected chi connectivity index (χ2v) is 6.63. The van der Waals surface area contributed by atoms with Crippen molar-refractivity contribution in [3.05, 3.63) is 87.6 Å². The summed E-state index contributed by atoms with van der Waals surface area (Å²) in [7, 11) is 0. The summed E-state index contributed by atoms with van der Waals surface area (Å²) in [6.07, 6.45) is 3.21. The zero-order valence-electron chi connectivity index (χ0n) is 14.2. The van der Waals surface area contributed by atoms with Gasteiger partial charge in [-0.2, -0.15) is 0 Å². The number of hydrogen-bond donors (Lipinski definition) is 2. The molecule has 2 aromatic heterocycles. The first-order valence-electron chi connectivity index (χ1n) is 8.05. The van der Waals surface area contributed by atoms with Crippen LogP contribution in [-0.4, -0.2) is 11.8 Å². The zero-order chi connectivity index (χ0) is 18.4. The van der Waals surface area contributed by atoms with E-state index in [1.807, 2.05) is 36.6 Å². The van der Waals surface area contributed by atoms with E-state index in [4.69, 9.17) is 4.42 Å². The molecule has 1 aromatic carbocycles. The Morgan fingerprint density at radius 1 is 1.12 bits per heavy atom. The Balaban J connectivity index is 1.75. The Morgan fingerprint density at radius 2 is 1.92 bits per heavy atom. The lowest BCUT2D eigenvalue weighted by Gasteiger charge is -2.10. The van der Waals surface area contributed by atoms with E-state index < -0.39 is 0 Å². The highest BCUT2D eigenvalue weighted by Crippen LogP contribution is 2.13. The first kappa shape index (κ1) is 17.7. The lowest BCUT2D eigenvalue weighted by molar-refractivity contribution is -0.118. The third kappa shape index (κ3) is 4.70. The maximum Gasteiger partial charge on any atom is 0.268 e. The highest BCUT2D eigenvalue weighted by Gasteiger charge is 2.15. The number of thiophene rings is 1. The van der Waals surface area contributed by atoms with Crippen LogP contribution in [0.5, 0.6) is 0 Å². The van der Waals surface area contributed by atoms with Crippen LogP contribution in [0.25, 0.3) is 6.08 Å². The van der Waals surface area contributed by atoms with Crippen molar-refractivity contribution < 1.29 is 14.0 Å². The summed E-state index contributed by atoms with van der Waals surface area (Å²) in [4.78, 5) is 25.9. The van der Waals surface area contributed by atoms with Crippen LogP contribution >= 0.6 is 11.3 Å². The molecule has 0 saturated heterocycles. The summed E-state index contributed by atoms with van der Waals surface area (Å²) in [6.45, 7) is 2.19. The van der Waals surface area contributed by atoms with E-state index in [2.05, 4.69) is 10.6 Å². The van der Waals surface area contributed by atoms with Crippen LogP contribution in [0.3, 0.4) is 0 Å². The molecule has 0 spiro atoms. The van der Waals surface area contributed by atoms with E-state index in [9.17, 15) is 9.59 Å². The van der Waals surface area contributed by atoms with Crippen molar-refractivity contribution in [2.24, 2.45) is 0 Å². The van der Waals surface area contributed by atoms with Crippen LogP contribution < -0.4 is 10.6 Å². The highest BCUT2D eigenvalue weighted by molar-refractivity contribution is 7.10. The summed E-state index contributed by atoms with van der Waals surface area (Å²) >= 11 is 1.48. The van der Waals surface area contributed by atoms with Gasteiger partial charge in [-0.15, -0.1) is 11.3 Å². The zero-order valence-corrected chi connectivity index (χ0v) is 15.0. The Kier molecular flexibility index (Phi) is 5.66. The number of carbonyl (C=O) groups is 2. The predicted molar refractivity (Wildman–Crippen MR) is 101 cm³/mol. The van der Waals surface area contributed by atoms with Crippen molar-refractivity contribution in [3.8, 4) is 0 Å². The van der Waals surface area contributed by atoms with Crippen LogP contribution in [0, 0.1) is 6.92 Å². The van der Waals surface area contributed by atoms with Crippen molar-refractivity contribution in [2.75, 3.05) is 0 Å². The molecular weight excluding hydrogens is 348 g/mol. The van der Waals surface area contributed by atoms with E-state index in [0.29, 0.717) is 11.3 Å². The fourth-order valence-corrected chi connectivity index (χ4v) is 2.91. The van der Waals surface area contributed by atoms with Gasteiger partial charge in [0.25, 0.3) is 11.8 Å². The average Bonchev–Trinajstić information content (AvgIpc) is 3.33. The highest BCUT2D eigenvalue weighted by atomic mass is 32.1. The van der Waals surface area contributed by atoms with Crippen LogP contribution in [-0.2, 0) is 11.3 Å². The van der Waals surface area contributed by atoms with Crippen molar-refractivity contribution in [1.82, 2.24) is 10.6 Å². The number of aryl methyl sites for hydroxylation is 1. The summed E-state index contributed by atoms with van der Waals surface area (Å²) in [5, 5.41) is 7.37. The topological polar surface area (TPSA) is 71.3 Å². The van der Waals surface area contributed by atoms with Gasteiger partial charge in [-0.3, -0.25) is 9.59 Å². The third-order valence-corrected chi connectivity index (χ3v) is 4.46. The number of nitrogens with one attached hydrogen (secondary N) is 2. The van der Waals surface area contributed by atoms with E-state index in [0.717, 1.165) is 10.4 Å². The summed E-state index contributed by atoms with van der Waals surface area (Å²) in [5.74, 6) is -0.0742. The predicted octanol–water partition coefficient (Wildman–Crippen LogP) is 3.74. The molecule has 0 saturated carbocycles. The molecule has 6 heteroatoms. The third-order valence-electron chi connectivity index (χ3n) is 3.64. The van der Waals surface area contributed by atoms with Crippen LogP contribution in [0.15, 0.2) is 70.3 Å². The molecule has 0 radical (unpaired) electrons. The van der Waals surface area contributed by atoms with Gasteiger partial charge >= 0.3 is 0 Å². The molecule has 0 aliphatic rings. The van der Waals surface area contributed by atoms with Crippen molar-refractivity contribution in [2.45, 2.75) is 13.5 Å². The molecule has 3 rings (SSSR count). The number of carbonyl (C=O) groups excluding carboxylic acids is 2. The Labute approximate surface area is 155 Å². The average molecular weight is 366 g/mol. The van der Waals surface area contributed by atoms with Crippen molar-refractivity contribution >= 4 is 29.2 Å². The van der Waals surface area contributed by atoms with Gasteiger partial charge in [0, 0.05) is 10.4 Å². The van der Waals surface area contributed by atoms with Gasteiger partial charge in [-0.05, 0) is 48.7 Å². The standard InChI is InChI=1S/C20H18N2O3S/c1-14-6-8-15(9-7-14)19(23)22-18(12-17-5-3-11-26-17)20(24)21-13-16-4-2-10-25-16/h2-12H,13H2,1H3,(H,21,24)(H,22,23)/b18-12+. The maximum absolute atomic E-state index is 12.6. The Hall–Kier alpha value is -3.12. The Morgan fingerprint density at radius 3 is 2.58 bits per heavy atom. The number of hydrogen-bond acceptors (Lipinski definition) is 4. The van der Waals surface area contributed by atoms with Gasteiger partial charge < -0.3 is 15.1 Å². The molecule has 0 fully saturated rings. The quantitative estimate of drug-likeness (QED) is 0.653. The molecule has 2 heterocycles. The van der Waals surface area contributed by atoms with Gasteiger partial charge in [-0.25, -0.2) is 0 Å². The minimum Gasteiger partial charge on any atom is -0.467 e. The largest absolute Gasteiger partial charge is 0.467 e. The summed E-state index contributed by atoms with van der Waals surface area (Å²) in [6, 6.07) is 14.5. The first-order valence-corrected chi connectivity index (χ1v) is 8.93. The summed E-state index contributed by atoms with van der Waals surface area (Å²) < 4.78 is 5.21. The normalized spacial score (nSPS) is 11.2. The summed E-state index contributed by atoms with van der Waals surface area (Å²) in [5.41, 5.74) is 1.74. The van der Waals surface area contributed by atoms with Gasteiger partial charge in [0.15, 0.2) is 0 Å². The van der Waals surface area contributed by atoms with Gasteiger partial charge in [-0.1, -0.05) is 23.8 Å². The van der Waals surface area contributed by atoms with E-state index in [-0.39, 0.29) is 24.1 Å². The SMILES string of the molecule is Cc1ccc(C(=O)N/C(=C/c2cccs2)C(=O)NCc2ccco2)cc1. The molecule has 0 bridgehead atoms.